The number of aromatic nitrogens is 2. The zero-order valence-electron chi connectivity index (χ0n) is 6.83. The number of rotatable bonds is 3. The molecule has 1 aliphatic rings. The molecule has 0 aromatic carbocycles. The van der Waals surface area contributed by atoms with Crippen LogP contribution in [0.15, 0.2) is 12.4 Å². The van der Waals surface area contributed by atoms with Crippen molar-refractivity contribution >= 4 is 11.6 Å². The lowest BCUT2D eigenvalue weighted by Crippen LogP contribution is -2.42. The Kier molecular flexibility index (Phi) is 2.33. The van der Waals surface area contributed by atoms with Crippen molar-refractivity contribution in [3.63, 3.8) is 0 Å². The van der Waals surface area contributed by atoms with Crippen LogP contribution in [0.3, 0.4) is 0 Å². The van der Waals surface area contributed by atoms with E-state index in [0.717, 1.165) is 30.6 Å². The summed E-state index contributed by atoms with van der Waals surface area (Å²) in [6.45, 7) is 3.31. The summed E-state index contributed by atoms with van der Waals surface area (Å²) in [6.07, 6.45) is 4.75. The van der Waals surface area contributed by atoms with E-state index in [1.807, 2.05) is 10.9 Å². The molecule has 0 atom stereocenters. The van der Waals surface area contributed by atoms with E-state index in [1.165, 1.54) is 6.42 Å². The molecule has 2 rings (SSSR count). The lowest BCUT2D eigenvalue weighted by atomic mass is 10.00. The molecule has 1 aromatic heterocycles. The molecule has 12 heavy (non-hydrogen) atoms. The standard InChI is InChI=1S/C8H12ClN3/c9-8-5-11-12(6-8)2-1-7-3-10-4-7/h5-7,10H,1-4H2. The van der Waals surface area contributed by atoms with E-state index in [4.69, 9.17) is 11.6 Å². The second-order valence-electron chi connectivity index (χ2n) is 3.23. The second-order valence-corrected chi connectivity index (χ2v) is 3.67. The van der Waals surface area contributed by atoms with Crippen LogP contribution in [0.5, 0.6) is 0 Å². The first kappa shape index (κ1) is 8.08. The van der Waals surface area contributed by atoms with Gasteiger partial charge in [-0.05, 0) is 25.4 Å². The highest BCUT2D eigenvalue weighted by molar-refractivity contribution is 6.30. The summed E-state index contributed by atoms with van der Waals surface area (Å²) >= 11 is 5.73. The molecule has 0 radical (unpaired) electrons. The van der Waals surface area contributed by atoms with Crippen LogP contribution in [0.1, 0.15) is 6.42 Å². The van der Waals surface area contributed by atoms with Crippen molar-refractivity contribution in [1.82, 2.24) is 15.1 Å². The Balaban J connectivity index is 1.79. The molecule has 3 nitrogen and oxygen atoms in total. The number of hydrogen-bond acceptors (Lipinski definition) is 2. The van der Waals surface area contributed by atoms with Crippen LogP contribution in [0.25, 0.3) is 0 Å². The molecule has 1 fully saturated rings. The van der Waals surface area contributed by atoms with Crippen LogP contribution < -0.4 is 5.32 Å². The zero-order valence-corrected chi connectivity index (χ0v) is 7.59. The minimum Gasteiger partial charge on any atom is -0.316 e. The molecule has 0 spiro atoms. The molecule has 1 saturated heterocycles. The third kappa shape index (κ3) is 1.79. The quantitative estimate of drug-likeness (QED) is 0.766. The molecule has 1 aromatic rings. The van der Waals surface area contributed by atoms with Crippen LogP contribution in [-0.2, 0) is 6.54 Å². The Bertz CT molecular complexity index is 255. The predicted octanol–water partition coefficient (Wildman–Crippen LogP) is 1.15. The van der Waals surface area contributed by atoms with Gasteiger partial charge in [0, 0.05) is 12.7 Å². The lowest BCUT2D eigenvalue weighted by molar-refractivity contribution is 0.307. The van der Waals surface area contributed by atoms with Crippen LogP contribution in [-0.4, -0.2) is 22.9 Å². The summed E-state index contributed by atoms with van der Waals surface area (Å²) in [5.41, 5.74) is 0. The Hall–Kier alpha value is -0.540. The first-order valence-electron chi connectivity index (χ1n) is 4.23. The van der Waals surface area contributed by atoms with Crippen LogP contribution in [0, 0.1) is 5.92 Å². The summed E-state index contributed by atoms with van der Waals surface area (Å²) in [6, 6.07) is 0. The fraction of sp³-hybridized carbons (Fsp3) is 0.625. The SMILES string of the molecule is Clc1cnn(CCC2CNC2)c1. The molecule has 0 aliphatic carbocycles. The van der Waals surface area contributed by atoms with E-state index in [9.17, 15) is 0 Å². The van der Waals surface area contributed by atoms with Gasteiger partial charge in [-0.15, -0.1) is 0 Å². The highest BCUT2D eigenvalue weighted by atomic mass is 35.5. The minimum atomic E-state index is 0.724. The van der Waals surface area contributed by atoms with Crippen molar-refractivity contribution < 1.29 is 0 Å². The maximum Gasteiger partial charge on any atom is 0.0785 e. The number of nitrogens with one attached hydrogen (secondary N) is 1. The maximum atomic E-state index is 5.73. The highest BCUT2D eigenvalue weighted by Gasteiger charge is 2.15. The molecule has 0 unspecified atom stereocenters. The topological polar surface area (TPSA) is 29.9 Å². The van der Waals surface area contributed by atoms with Gasteiger partial charge in [-0.25, -0.2) is 0 Å². The number of halogens is 1. The summed E-state index contributed by atoms with van der Waals surface area (Å²) in [5, 5.41) is 8.08. The van der Waals surface area contributed by atoms with Gasteiger partial charge < -0.3 is 5.32 Å². The van der Waals surface area contributed by atoms with Crippen molar-refractivity contribution in [2.24, 2.45) is 5.92 Å². The maximum absolute atomic E-state index is 5.73. The molecule has 4 heteroatoms. The third-order valence-corrected chi connectivity index (χ3v) is 2.43. The molecule has 0 amide bonds. The fourth-order valence-electron chi connectivity index (χ4n) is 1.33. The van der Waals surface area contributed by atoms with Gasteiger partial charge in [0.2, 0.25) is 0 Å². The van der Waals surface area contributed by atoms with Gasteiger partial charge in [0.1, 0.15) is 0 Å². The van der Waals surface area contributed by atoms with E-state index >= 15 is 0 Å². The van der Waals surface area contributed by atoms with Gasteiger partial charge in [-0.1, -0.05) is 11.6 Å². The summed E-state index contributed by atoms with van der Waals surface area (Å²) in [4.78, 5) is 0. The average Bonchev–Trinajstić information content (AvgIpc) is 2.32. The Labute approximate surface area is 76.7 Å². The highest BCUT2D eigenvalue weighted by Crippen LogP contribution is 2.11. The van der Waals surface area contributed by atoms with E-state index in [1.54, 1.807) is 6.20 Å². The van der Waals surface area contributed by atoms with E-state index in [0.29, 0.717) is 0 Å². The average molecular weight is 186 g/mol. The summed E-state index contributed by atoms with van der Waals surface area (Å²) in [7, 11) is 0. The second kappa shape index (κ2) is 3.46. The van der Waals surface area contributed by atoms with Crippen molar-refractivity contribution in [3.05, 3.63) is 17.4 Å². The Morgan fingerprint density at radius 3 is 3.00 bits per heavy atom. The summed E-state index contributed by atoms with van der Waals surface area (Å²) < 4.78 is 1.90. The molecule has 66 valence electrons. The lowest BCUT2D eigenvalue weighted by Gasteiger charge is -2.26. The van der Waals surface area contributed by atoms with Crippen LogP contribution >= 0.6 is 11.6 Å². The van der Waals surface area contributed by atoms with Crippen molar-refractivity contribution in [1.29, 1.82) is 0 Å². The molecule has 2 heterocycles. The van der Waals surface area contributed by atoms with Crippen molar-refractivity contribution in [2.75, 3.05) is 13.1 Å². The molecular formula is C8H12ClN3. The zero-order chi connectivity index (χ0) is 8.39. The van der Waals surface area contributed by atoms with Crippen molar-refractivity contribution in [2.45, 2.75) is 13.0 Å². The van der Waals surface area contributed by atoms with Crippen LogP contribution in [0.4, 0.5) is 0 Å². The van der Waals surface area contributed by atoms with Crippen LogP contribution in [0.2, 0.25) is 5.02 Å². The van der Waals surface area contributed by atoms with Gasteiger partial charge in [-0.3, -0.25) is 4.68 Å². The smallest absolute Gasteiger partial charge is 0.0785 e. The van der Waals surface area contributed by atoms with Crippen molar-refractivity contribution in [3.8, 4) is 0 Å². The first-order valence-corrected chi connectivity index (χ1v) is 4.61. The largest absolute Gasteiger partial charge is 0.316 e. The number of aryl methyl sites for hydroxylation is 1. The first-order chi connectivity index (χ1) is 5.84. The van der Waals surface area contributed by atoms with Gasteiger partial charge in [0.05, 0.1) is 11.2 Å². The molecule has 0 bridgehead atoms. The normalized spacial score (nSPS) is 17.8. The Morgan fingerprint density at radius 2 is 2.50 bits per heavy atom. The van der Waals surface area contributed by atoms with E-state index in [-0.39, 0.29) is 0 Å². The van der Waals surface area contributed by atoms with Gasteiger partial charge >= 0.3 is 0 Å². The number of hydrogen-bond donors (Lipinski definition) is 1. The molecule has 1 aliphatic heterocycles. The van der Waals surface area contributed by atoms with Gasteiger partial charge in [0.15, 0.2) is 0 Å². The van der Waals surface area contributed by atoms with E-state index in [2.05, 4.69) is 10.4 Å². The van der Waals surface area contributed by atoms with Gasteiger partial charge in [-0.2, -0.15) is 5.10 Å². The predicted molar refractivity (Wildman–Crippen MR) is 48.2 cm³/mol. The summed E-state index contributed by atoms with van der Waals surface area (Å²) in [5.74, 6) is 0.841. The number of nitrogens with zero attached hydrogens (tertiary/aromatic N) is 2. The fourth-order valence-corrected chi connectivity index (χ4v) is 1.48. The van der Waals surface area contributed by atoms with E-state index < -0.39 is 0 Å². The molecule has 1 N–H and O–H groups in total. The third-order valence-electron chi connectivity index (χ3n) is 2.23. The monoisotopic (exact) mass is 185 g/mol. The minimum absolute atomic E-state index is 0.724. The Morgan fingerprint density at radius 1 is 1.67 bits per heavy atom. The van der Waals surface area contributed by atoms with Gasteiger partial charge in [0.25, 0.3) is 0 Å². The molecule has 0 saturated carbocycles. The molecular weight excluding hydrogens is 174 g/mol.